The molecule has 1 saturated carbocycles. The van der Waals surface area contributed by atoms with Gasteiger partial charge in [0.1, 0.15) is 5.82 Å². The first-order valence-electron chi connectivity index (χ1n) is 5.64. The van der Waals surface area contributed by atoms with E-state index in [9.17, 15) is 4.79 Å². The van der Waals surface area contributed by atoms with Gasteiger partial charge in [0, 0.05) is 5.25 Å². The average molecular weight is 255 g/mol. The van der Waals surface area contributed by atoms with Crippen LogP contribution in [-0.4, -0.2) is 31.9 Å². The van der Waals surface area contributed by atoms with Gasteiger partial charge in [0.15, 0.2) is 0 Å². The van der Waals surface area contributed by atoms with E-state index in [0.29, 0.717) is 18.0 Å². The number of nitrogens with zero attached hydrogens (tertiary/aromatic N) is 2. The van der Waals surface area contributed by atoms with Crippen LogP contribution in [0.2, 0.25) is 0 Å². The second-order valence-corrected chi connectivity index (χ2v) is 5.83. The highest BCUT2D eigenvalue weighted by atomic mass is 32.2. The Morgan fingerprint density at radius 1 is 1.65 bits per heavy atom. The Kier molecular flexibility index (Phi) is 3.39. The van der Waals surface area contributed by atoms with Gasteiger partial charge in [-0.25, -0.2) is 4.98 Å². The predicted octanol–water partition coefficient (Wildman–Crippen LogP) is 0.331. The maximum atomic E-state index is 11.3. The Hall–Kier alpha value is -1.08. The van der Waals surface area contributed by atoms with Crippen molar-refractivity contribution in [2.45, 2.75) is 48.6 Å². The van der Waals surface area contributed by atoms with E-state index in [4.69, 9.17) is 11.5 Å². The van der Waals surface area contributed by atoms with Gasteiger partial charge in [-0.15, -0.1) is 5.10 Å². The van der Waals surface area contributed by atoms with E-state index in [-0.39, 0.29) is 5.25 Å². The topological polar surface area (TPSA) is 111 Å². The number of aromatic amines is 1. The monoisotopic (exact) mass is 255 g/mol. The molecule has 0 radical (unpaired) electrons. The highest BCUT2D eigenvalue weighted by Gasteiger charge is 2.38. The minimum absolute atomic E-state index is 0.261. The van der Waals surface area contributed by atoms with Gasteiger partial charge < -0.3 is 11.5 Å². The molecule has 1 heterocycles. The molecule has 2 rings (SSSR count). The summed E-state index contributed by atoms with van der Waals surface area (Å²) in [6.07, 6.45) is 3.21. The van der Waals surface area contributed by atoms with Crippen LogP contribution in [0.5, 0.6) is 0 Å². The van der Waals surface area contributed by atoms with Crippen molar-refractivity contribution in [2.75, 3.05) is 0 Å². The summed E-state index contributed by atoms with van der Waals surface area (Å²) < 4.78 is 0. The minimum atomic E-state index is -0.860. The van der Waals surface area contributed by atoms with Gasteiger partial charge in [-0.2, -0.15) is 0 Å². The molecule has 0 spiro atoms. The molecule has 0 aromatic carbocycles. The van der Waals surface area contributed by atoms with Crippen LogP contribution >= 0.6 is 11.8 Å². The lowest BCUT2D eigenvalue weighted by atomic mass is 9.82. The second-order valence-electron chi connectivity index (χ2n) is 4.56. The fraction of sp³-hybridized carbons (Fsp3) is 0.700. The summed E-state index contributed by atoms with van der Waals surface area (Å²) in [7, 11) is 0. The van der Waals surface area contributed by atoms with E-state index in [0.717, 1.165) is 18.7 Å². The first-order valence-corrected chi connectivity index (χ1v) is 6.52. The van der Waals surface area contributed by atoms with E-state index in [1.807, 2.05) is 6.92 Å². The van der Waals surface area contributed by atoms with Gasteiger partial charge in [0.05, 0.1) is 5.54 Å². The lowest BCUT2D eigenvalue weighted by molar-refractivity contribution is -0.124. The summed E-state index contributed by atoms with van der Waals surface area (Å²) in [6, 6.07) is 0. The molecule has 5 N–H and O–H groups in total. The maximum absolute atomic E-state index is 11.3. The summed E-state index contributed by atoms with van der Waals surface area (Å²) in [5.74, 6) is 0.381. The summed E-state index contributed by atoms with van der Waals surface area (Å²) in [6.45, 7) is 1.86. The van der Waals surface area contributed by atoms with Crippen LogP contribution in [0.25, 0.3) is 0 Å². The number of aromatic nitrogens is 3. The molecule has 0 bridgehead atoms. The molecule has 1 aromatic heterocycles. The van der Waals surface area contributed by atoms with Gasteiger partial charge in [0.25, 0.3) is 0 Å². The number of amides is 1. The van der Waals surface area contributed by atoms with Crippen molar-refractivity contribution < 1.29 is 4.79 Å². The summed E-state index contributed by atoms with van der Waals surface area (Å²) >= 11 is 1.56. The van der Waals surface area contributed by atoms with E-state index in [1.54, 1.807) is 11.8 Å². The molecule has 0 saturated heterocycles. The zero-order chi connectivity index (χ0) is 12.5. The zero-order valence-corrected chi connectivity index (χ0v) is 10.6. The first-order chi connectivity index (χ1) is 7.99. The third kappa shape index (κ3) is 2.78. The summed E-state index contributed by atoms with van der Waals surface area (Å²) in [5.41, 5.74) is 10.5. The lowest BCUT2D eigenvalue weighted by Gasteiger charge is -2.34. The van der Waals surface area contributed by atoms with E-state index in [2.05, 4.69) is 15.2 Å². The highest BCUT2D eigenvalue weighted by Crippen LogP contribution is 2.35. The van der Waals surface area contributed by atoms with Crippen molar-refractivity contribution in [1.82, 2.24) is 15.2 Å². The van der Waals surface area contributed by atoms with Crippen molar-refractivity contribution in [1.29, 1.82) is 0 Å². The number of aryl methyl sites for hydroxylation is 1. The zero-order valence-electron chi connectivity index (χ0n) is 9.77. The molecular weight excluding hydrogens is 238 g/mol. The molecular formula is C10H17N5OS. The molecule has 1 aromatic rings. The molecule has 7 heteroatoms. The number of nitrogens with one attached hydrogen (secondary N) is 1. The molecule has 1 aliphatic rings. The molecule has 1 aliphatic carbocycles. The Labute approximate surface area is 104 Å². The number of hydrogen-bond acceptors (Lipinski definition) is 5. The van der Waals surface area contributed by atoms with Crippen LogP contribution in [0.4, 0.5) is 0 Å². The standard InChI is InChI=1S/C10H17N5OS/c1-6-13-9(15-14-6)17-7-3-2-4-10(12,5-7)8(11)16/h7H,2-5,12H2,1H3,(H2,11,16)(H,13,14,15). The van der Waals surface area contributed by atoms with Crippen molar-refractivity contribution in [3.63, 3.8) is 0 Å². The minimum Gasteiger partial charge on any atom is -0.368 e. The fourth-order valence-electron chi connectivity index (χ4n) is 2.10. The SMILES string of the molecule is Cc1nc(SC2CCCC(N)(C(N)=O)C2)n[nH]1. The Balaban J connectivity index is 2.00. The molecule has 0 aliphatic heterocycles. The third-order valence-electron chi connectivity index (χ3n) is 3.08. The van der Waals surface area contributed by atoms with Crippen LogP contribution < -0.4 is 11.5 Å². The van der Waals surface area contributed by atoms with Crippen molar-refractivity contribution >= 4 is 17.7 Å². The summed E-state index contributed by atoms with van der Waals surface area (Å²) in [4.78, 5) is 15.6. The average Bonchev–Trinajstić information content (AvgIpc) is 2.64. The highest BCUT2D eigenvalue weighted by molar-refractivity contribution is 7.99. The molecule has 94 valence electrons. The predicted molar refractivity (Wildman–Crippen MR) is 65.3 cm³/mol. The van der Waals surface area contributed by atoms with Crippen LogP contribution in [0.1, 0.15) is 31.5 Å². The Morgan fingerprint density at radius 2 is 2.41 bits per heavy atom. The van der Waals surface area contributed by atoms with E-state index < -0.39 is 11.4 Å². The van der Waals surface area contributed by atoms with Crippen LogP contribution in [0, 0.1) is 6.92 Å². The van der Waals surface area contributed by atoms with Gasteiger partial charge in [-0.1, -0.05) is 11.8 Å². The van der Waals surface area contributed by atoms with Crippen molar-refractivity contribution in [3.05, 3.63) is 5.82 Å². The van der Waals surface area contributed by atoms with Gasteiger partial charge in [0.2, 0.25) is 11.1 Å². The smallest absolute Gasteiger partial charge is 0.237 e. The number of carbonyl (C=O) groups is 1. The number of primary amides is 1. The molecule has 17 heavy (non-hydrogen) atoms. The van der Waals surface area contributed by atoms with Crippen molar-refractivity contribution in [2.24, 2.45) is 11.5 Å². The molecule has 6 nitrogen and oxygen atoms in total. The van der Waals surface area contributed by atoms with Gasteiger partial charge in [-0.05, 0) is 32.6 Å². The van der Waals surface area contributed by atoms with E-state index >= 15 is 0 Å². The number of H-pyrrole nitrogens is 1. The fourth-order valence-corrected chi connectivity index (χ4v) is 3.36. The number of rotatable bonds is 3. The van der Waals surface area contributed by atoms with Crippen LogP contribution in [0.15, 0.2) is 5.16 Å². The van der Waals surface area contributed by atoms with Crippen LogP contribution in [0.3, 0.4) is 0 Å². The first kappa shape index (κ1) is 12.4. The Morgan fingerprint density at radius 3 is 3.00 bits per heavy atom. The molecule has 2 atom stereocenters. The van der Waals surface area contributed by atoms with Crippen LogP contribution in [-0.2, 0) is 4.79 Å². The second kappa shape index (κ2) is 4.66. The van der Waals surface area contributed by atoms with E-state index in [1.165, 1.54) is 0 Å². The quantitative estimate of drug-likeness (QED) is 0.721. The Bertz CT molecular complexity index is 421. The summed E-state index contributed by atoms with van der Waals surface area (Å²) in [5, 5.41) is 7.84. The number of hydrogen-bond donors (Lipinski definition) is 3. The van der Waals surface area contributed by atoms with Gasteiger partial charge in [-0.3, -0.25) is 9.89 Å². The largest absolute Gasteiger partial charge is 0.368 e. The normalized spacial score (nSPS) is 29.2. The molecule has 1 amide bonds. The van der Waals surface area contributed by atoms with Gasteiger partial charge >= 0.3 is 0 Å². The molecule has 1 fully saturated rings. The number of nitrogens with two attached hydrogens (primary N) is 2. The number of thioether (sulfide) groups is 1. The molecule has 2 unspecified atom stereocenters. The van der Waals surface area contributed by atoms with Crippen molar-refractivity contribution in [3.8, 4) is 0 Å². The third-order valence-corrected chi connectivity index (χ3v) is 4.21. The maximum Gasteiger partial charge on any atom is 0.237 e. The lowest BCUT2D eigenvalue weighted by Crippen LogP contribution is -2.55. The number of carbonyl (C=O) groups excluding carboxylic acids is 1.